The van der Waals surface area contributed by atoms with E-state index in [1.165, 1.54) is 0 Å². The maximum atomic E-state index is 11.5. The SMILES string of the molecule is CCC(CC)(CN)NC(=O)C=C(C)C. The van der Waals surface area contributed by atoms with Crippen LogP contribution in [0.15, 0.2) is 11.6 Å². The van der Waals surface area contributed by atoms with E-state index in [0.717, 1.165) is 18.4 Å². The van der Waals surface area contributed by atoms with Crippen molar-refractivity contribution in [1.29, 1.82) is 0 Å². The topological polar surface area (TPSA) is 55.1 Å². The van der Waals surface area contributed by atoms with Crippen molar-refractivity contribution in [2.24, 2.45) is 5.73 Å². The molecule has 0 bridgehead atoms. The van der Waals surface area contributed by atoms with Gasteiger partial charge in [0.05, 0.1) is 5.54 Å². The number of nitrogens with one attached hydrogen (secondary N) is 1. The molecule has 0 saturated heterocycles. The predicted octanol–water partition coefficient (Wildman–Crippen LogP) is 1.59. The number of carbonyl (C=O) groups excluding carboxylic acids is 1. The van der Waals surface area contributed by atoms with Gasteiger partial charge in [-0.1, -0.05) is 19.4 Å². The number of carbonyl (C=O) groups is 1. The average Bonchev–Trinajstić information content (AvgIpc) is 2.13. The molecule has 3 nitrogen and oxygen atoms in total. The number of hydrogen-bond donors (Lipinski definition) is 2. The number of allylic oxidation sites excluding steroid dienone is 1. The summed E-state index contributed by atoms with van der Waals surface area (Å²) in [7, 11) is 0. The summed E-state index contributed by atoms with van der Waals surface area (Å²) in [6, 6.07) is 0. The second kappa shape index (κ2) is 5.81. The lowest BCUT2D eigenvalue weighted by Gasteiger charge is -2.30. The smallest absolute Gasteiger partial charge is 0.244 e. The molecule has 0 aliphatic carbocycles. The van der Waals surface area contributed by atoms with Crippen molar-refractivity contribution >= 4 is 5.91 Å². The molecule has 1 amide bonds. The first-order chi connectivity index (χ1) is 6.49. The van der Waals surface area contributed by atoms with Gasteiger partial charge in [-0.25, -0.2) is 0 Å². The van der Waals surface area contributed by atoms with Gasteiger partial charge < -0.3 is 11.1 Å². The summed E-state index contributed by atoms with van der Waals surface area (Å²) in [4.78, 5) is 11.5. The molecule has 82 valence electrons. The predicted molar refractivity (Wildman–Crippen MR) is 59.9 cm³/mol. The van der Waals surface area contributed by atoms with Crippen molar-refractivity contribution in [2.45, 2.75) is 46.1 Å². The van der Waals surface area contributed by atoms with Crippen LogP contribution >= 0.6 is 0 Å². The van der Waals surface area contributed by atoms with Gasteiger partial charge in [-0.15, -0.1) is 0 Å². The summed E-state index contributed by atoms with van der Waals surface area (Å²) in [6.45, 7) is 8.38. The second-order valence-electron chi connectivity index (χ2n) is 3.90. The maximum Gasteiger partial charge on any atom is 0.244 e. The summed E-state index contributed by atoms with van der Waals surface area (Å²) < 4.78 is 0. The van der Waals surface area contributed by atoms with Crippen LogP contribution in [-0.4, -0.2) is 18.0 Å². The highest BCUT2D eigenvalue weighted by atomic mass is 16.1. The van der Waals surface area contributed by atoms with Gasteiger partial charge in [-0.05, 0) is 26.7 Å². The van der Waals surface area contributed by atoms with Gasteiger partial charge in [0.1, 0.15) is 0 Å². The molecule has 0 fully saturated rings. The zero-order valence-corrected chi connectivity index (χ0v) is 9.68. The summed E-state index contributed by atoms with van der Waals surface area (Å²) in [5.41, 5.74) is 6.44. The van der Waals surface area contributed by atoms with Crippen molar-refractivity contribution in [3.8, 4) is 0 Å². The molecule has 0 atom stereocenters. The maximum absolute atomic E-state index is 11.5. The van der Waals surface area contributed by atoms with Crippen molar-refractivity contribution in [3.63, 3.8) is 0 Å². The van der Waals surface area contributed by atoms with E-state index in [2.05, 4.69) is 5.32 Å². The van der Waals surface area contributed by atoms with E-state index in [1.807, 2.05) is 27.7 Å². The Bertz CT molecular complexity index is 205. The highest BCUT2D eigenvalue weighted by Gasteiger charge is 2.25. The van der Waals surface area contributed by atoms with Crippen LogP contribution in [0.4, 0.5) is 0 Å². The van der Waals surface area contributed by atoms with E-state index in [4.69, 9.17) is 5.73 Å². The number of nitrogens with two attached hydrogens (primary N) is 1. The van der Waals surface area contributed by atoms with Crippen LogP contribution in [-0.2, 0) is 4.79 Å². The van der Waals surface area contributed by atoms with Gasteiger partial charge in [-0.2, -0.15) is 0 Å². The fourth-order valence-corrected chi connectivity index (χ4v) is 1.33. The zero-order chi connectivity index (χ0) is 11.2. The number of amides is 1. The molecule has 3 N–H and O–H groups in total. The quantitative estimate of drug-likeness (QED) is 0.659. The Morgan fingerprint density at radius 3 is 2.14 bits per heavy atom. The molecule has 0 saturated carbocycles. The molecular weight excluding hydrogens is 176 g/mol. The first-order valence-corrected chi connectivity index (χ1v) is 5.16. The zero-order valence-electron chi connectivity index (χ0n) is 9.68. The molecule has 3 heteroatoms. The van der Waals surface area contributed by atoms with Crippen molar-refractivity contribution in [1.82, 2.24) is 5.32 Å². The molecule has 0 heterocycles. The number of hydrogen-bond acceptors (Lipinski definition) is 2. The summed E-state index contributed by atoms with van der Waals surface area (Å²) in [5.74, 6) is -0.0425. The Balaban J connectivity index is 4.45. The Labute approximate surface area is 86.8 Å². The van der Waals surface area contributed by atoms with E-state index in [0.29, 0.717) is 6.54 Å². The molecule has 0 aliphatic rings. The molecule has 0 radical (unpaired) electrons. The largest absolute Gasteiger partial charge is 0.346 e. The lowest BCUT2D eigenvalue weighted by molar-refractivity contribution is -0.118. The van der Waals surface area contributed by atoms with Gasteiger partial charge in [0.25, 0.3) is 0 Å². The van der Waals surface area contributed by atoms with Crippen LogP contribution in [0.1, 0.15) is 40.5 Å². The van der Waals surface area contributed by atoms with E-state index in [-0.39, 0.29) is 11.4 Å². The van der Waals surface area contributed by atoms with Crippen LogP contribution in [0.2, 0.25) is 0 Å². The second-order valence-corrected chi connectivity index (χ2v) is 3.90. The third-order valence-corrected chi connectivity index (χ3v) is 2.55. The highest BCUT2D eigenvalue weighted by molar-refractivity contribution is 5.88. The van der Waals surface area contributed by atoms with E-state index >= 15 is 0 Å². The summed E-state index contributed by atoms with van der Waals surface area (Å²) >= 11 is 0. The van der Waals surface area contributed by atoms with Gasteiger partial charge in [0.2, 0.25) is 5.91 Å². The summed E-state index contributed by atoms with van der Waals surface area (Å²) in [6.07, 6.45) is 3.33. The van der Waals surface area contributed by atoms with Gasteiger partial charge in [-0.3, -0.25) is 4.79 Å². The summed E-state index contributed by atoms with van der Waals surface area (Å²) in [5, 5.41) is 2.97. The normalized spacial score (nSPS) is 10.9. The fraction of sp³-hybridized carbons (Fsp3) is 0.727. The van der Waals surface area contributed by atoms with Gasteiger partial charge in [0.15, 0.2) is 0 Å². The highest BCUT2D eigenvalue weighted by Crippen LogP contribution is 2.13. The van der Waals surface area contributed by atoms with E-state index in [9.17, 15) is 4.79 Å². The standard InChI is InChI=1S/C11H22N2O/c1-5-11(6-2,8-12)13-10(14)7-9(3)4/h7H,5-6,8,12H2,1-4H3,(H,13,14). The number of rotatable bonds is 5. The third-order valence-electron chi connectivity index (χ3n) is 2.55. The minimum Gasteiger partial charge on any atom is -0.346 e. The monoisotopic (exact) mass is 198 g/mol. The van der Waals surface area contributed by atoms with E-state index < -0.39 is 0 Å². The first-order valence-electron chi connectivity index (χ1n) is 5.16. The molecule has 0 aliphatic heterocycles. The molecule has 14 heavy (non-hydrogen) atoms. The van der Waals surface area contributed by atoms with Gasteiger partial charge in [0, 0.05) is 12.6 Å². The first kappa shape index (κ1) is 13.2. The minimum atomic E-state index is -0.233. The lowest BCUT2D eigenvalue weighted by Crippen LogP contribution is -2.52. The van der Waals surface area contributed by atoms with Crippen LogP contribution < -0.4 is 11.1 Å². The van der Waals surface area contributed by atoms with Crippen LogP contribution in [0.3, 0.4) is 0 Å². The molecule has 0 aromatic rings. The van der Waals surface area contributed by atoms with Crippen LogP contribution in [0.25, 0.3) is 0 Å². The Kier molecular flexibility index (Phi) is 5.46. The molecule has 0 aromatic heterocycles. The Morgan fingerprint density at radius 2 is 1.86 bits per heavy atom. The van der Waals surface area contributed by atoms with Crippen molar-refractivity contribution < 1.29 is 4.79 Å². The fourth-order valence-electron chi connectivity index (χ4n) is 1.33. The van der Waals surface area contributed by atoms with Crippen LogP contribution in [0, 0.1) is 0 Å². The molecule has 0 unspecified atom stereocenters. The van der Waals surface area contributed by atoms with Gasteiger partial charge >= 0.3 is 0 Å². The van der Waals surface area contributed by atoms with Crippen molar-refractivity contribution in [3.05, 3.63) is 11.6 Å². The van der Waals surface area contributed by atoms with Crippen molar-refractivity contribution in [2.75, 3.05) is 6.54 Å². The molecule has 0 aromatic carbocycles. The minimum absolute atomic E-state index is 0.0425. The lowest BCUT2D eigenvalue weighted by atomic mass is 9.93. The Hall–Kier alpha value is -0.830. The molecule has 0 rings (SSSR count). The molecule has 0 spiro atoms. The third kappa shape index (κ3) is 3.92. The Morgan fingerprint density at radius 1 is 1.36 bits per heavy atom. The molecular formula is C11H22N2O. The average molecular weight is 198 g/mol. The van der Waals surface area contributed by atoms with E-state index in [1.54, 1.807) is 6.08 Å². The van der Waals surface area contributed by atoms with Crippen LogP contribution in [0.5, 0.6) is 0 Å².